The minimum atomic E-state index is -4.47. The summed E-state index contributed by atoms with van der Waals surface area (Å²) in [4.78, 5) is 26.4. The van der Waals surface area contributed by atoms with E-state index in [0.29, 0.717) is 24.9 Å². The average molecular weight is 353 g/mol. The van der Waals surface area contributed by atoms with Crippen molar-refractivity contribution in [2.75, 3.05) is 13.1 Å². The Morgan fingerprint density at radius 1 is 1.28 bits per heavy atom. The predicted octanol–water partition coefficient (Wildman–Crippen LogP) is 2.46. The van der Waals surface area contributed by atoms with Crippen LogP contribution < -0.4 is 5.32 Å². The summed E-state index contributed by atoms with van der Waals surface area (Å²) < 4.78 is 38.7. The third-order valence-corrected chi connectivity index (χ3v) is 4.41. The molecule has 0 saturated carbocycles. The number of aromatic nitrogens is 1. The molecule has 0 bridgehead atoms. The Bertz CT molecular complexity index is 813. The Balaban J connectivity index is 1.82. The van der Waals surface area contributed by atoms with Crippen molar-refractivity contribution in [3.8, 4) is 0 Å². The number of carbonyl (C=O) groups is 2. The van der Waals surface area contributed by atoms with Gasteiger partial charge in [-0.3, -0.25) is 9.59 Å². The summed E-state index contributed by atoms with van der Waals surface area (Å²) in [6, 6.07) is 6.51. The Morgan fingerprint density at radius 2 is 2.00 bits per heavy atom. The lowest BCUT2D eigenvalue weighted by molar-refractivity contribution is -0.140. The highest BCUT2D eigenvalue weighted by Gasteiger charge is 2.37. The molecule has 5 nitrogen and oxygen atoms in total. The van der Waals surface area contributed by atoms with Crippen LogP contribution in [0.5, 0.6) is 0 Å². The van der Waals surface area contributed by atoms with Gasteiger partial charge < -0.3 is 14.8 Å². The van der Waals surface area contributed by atoms with Gasteiger partial charge in [0.15, 0.2) is 0 Å². The van der Waals surface area contributed by atoms with Gasteiger partial charge in [0.25, 0.3) is 5.91 Å². The molecule has 1 aromatic carbocycles. The van der Waals surface area contributed by atoms with E-state index in [1.807, 2.05) is 41.2 Å². The average Bonchev–Trinajstić information content (AvgIpc) is 3.17. The van der Waals surface area contributed by atoms with E-state index < -0.39 is 24.7 Å². The molecule has 1 atom stereocenters. The highest BCUT2D eigenvalue weighted by molar-refractivity contribution is 6.08. The Labute approximate surface area is 142 Å². The monoisotopic (exact) mass is 353 g/mol. The molecule has 1 aromatic heterocycles. The van der Waals surface area contributed by atoms with Crippen LogP contribution in [0.3, 0.4) is 0 Å². The number of carbonyl (C=O) groups excluding carboxylic acids is 2. The lowest BCUT2D eigenvalue weighted by atomic mass is 10.1. The van der Waals surface area contributed by atoms with Gasteiger partial charge in [-0.2, -0.15) is 13.2 Å². The molecular weight excluding hydrogens is 335 g/mol. The maximum absolute atomic E-state index is 12.9. The molecule has 2 aromatic rings. The molecule has 2 amide bonds. The number of halogens is 3. The number of aryl methyl sites for hydroxylation is 1. The van der Waals surface area contributed by atoms with Gasteiger partial charge in [0.05, 0.1) is 5.56 Å². The maximum atomic E-state index is 12.9. The second kappa shape index (κ2) is 6.42. The zero-order valence-corrected chi connectivity index (χ0v) is 13.6. The Kier molecular flexibility index (Phi) is 4.45. The molecule has 1 aliphatic heterocycles. The van der Waals surface area contributed by atoms with E-state index >= 15 is 0 Å². The molecule has 1 fully saturated rings. The van der Waals surface area contributed by atoms with Crippen LogP contribution in [-0.4, -0.2) is 46.6 Å². The third kappa shape index (κ3) is 3.47. The summed E-state index contributed by atoms with van der Waals surface area (Å²) in [7, 11) is 1.82. The summed E-state index contributed by atoms with van der Waals surface area (Å²) in [6.07, 6.45) is -1.84. The number of hydrogen-bond donors (Lipinski definition) is 1. The van der Waals surface area contributed by atoms with E-state index in [4.69, 9.17) is 0 Å². The van der Waals surface area contributed by atoms with Gasteiger partial charge in [-0.05, 0) is 18.9 Å². The zero-order chi connectivity index (χ0) is 18.2. The van der Waals surface area contributed by atoms with Crippen molar-refractivity contribution in [2.24, 2.45) is 7.05 Å². The number of amides is 2. The van der Waals surface area contributed by atoms with Crippen molar-refractivity contribution in [1.29, 1.82) is 0 Å². The maximum Gasteiger partial charge on any atom is 0.405 e. The van der Waals surface area contributed by atoms with E-state index in [0.717, 1.165) is 10.9 Å². The molecule has 0 spiro atoms. The molecule has 1 saturated heterocycles. The lowest BCUT2D eigenvalue weighted by Gasteiger charge is -2.24. The summed E-state index contributed by atoms with van der Waals surface area (Å²) >= 11 is 0. The predicted molar refractivity (Wildman–Crippen MR) is 86.0 cm³/mol. The van der Waals surface area contributed by atoms with Crippen molar-refractivity contribution in [2.45, 2.75) is 25.1 Å². The quantitative estimate of drug-likeness (QED) is 0.922. The Morgan fingerprint density at radius 3 is 2.72 bits per heavy atom. The first kappa shape index (κ1) is 17.3. The molecule has 3 rings (SSSR count). The molecule has 0 radical (unpaired) electrons. The molecule has 25 heavy (non-hydrogen) atoms. The molecule has 2 heterocycles. The van der Waals surface area contributed by atoms with E-state index in [1.54, 1.807) is 6.20 Å². The summed E-state index contributed by atoms with van der Waals surface area (Å²) in [6.45, 7) is -1.04. The van der Waals surface area contributed by atoms with E-state index in [-0.39, 0.29) is 5.91 Å². The van der Waals surface area contributed by atoms with Crippen LogP contribution in [0.15, 0.2) is 30.5 Å². The van der Waals surface area contributed by atoms with Crippen molar-refractivity contribution in [1.82, 2.24) is 14.8 Å². The fourth-order valence-corrected chi connectivity index (χ4v) is 3.25. The minimum absolute atomic E-state index is 0.332. The van der Waals surface area contributed by atoms with Crippen molar-refractivity contribution < 1.29 is 22.8 Å². The first-order valence-corrected chi connectivity index (χ1v) is 7.97. The first-order valence-electron chi connectivity index (χ1n) is 7.97. The molecular formula is C17H18F3N3O2. The van der Waals surface area contributed by atoms with Gasteiger partial charge in [-0.1, -0.05) is 18.2 Å². The summed E-state index contributed by atoms with van der Waals surface area (Å²) in [5.41, 5.74) is 1.33. The summed E-state index contributed by atoms with van der Waals surface area (Å²) in [5, 5.41) is 2.64. The number of likely N-dealkylation sites (tertiary alicyclic amines) is 1. The van der Waals surface area contributed by atoms with Crippen LogP contribution in [0, 0.1) is 0 Å². The largest absolute Gasteiger partial charge is 0.405 e. The van der Waals surface area contributed by atoms with Crippen molar-refractivity contribution in [3.63, 3.8) is 0 Å². The smallest absolute Gasteiger partial charge is 0.350 e. The van der Waals surface area contributed by atoms with Crippen LogP contribution in [0.1, 0.15) is 23.2 Å². The first-order chi connectivity index (χ1) is 11.8. The van der Waals surface area contributed by atoms with E-state index in [9.17, 15) is 22.8 Å². The van der Waals surface area contributed by atoms with Crippen LogP contribution in [-0.2, 0) is 11.8 Å². The zero-order valence-electron chi connectivity index (χ0n) is 13.6. The van der Waals surface area contributed by atoms with Gasteiger partial charge in [-0.25, -0.2) is 0 Å². The molecule has 8 heteroatoms. The number of alkyl halides is 3. The lowest BCUT2D eigenvalue weighted by Crippen LogP contribution is -2.48. The standard InChI is InChI=1S/C17H18F3N3O2/c1-22-9-12(11-5-2-3-6-13(11)22)16(25)23-8-4-7-14(23)15(24)21-10-17(18,19)20/h2-3,5-6,9,14H,4,7-8,10H2,1H3,(H,21,24)/t14-/m0/s1. The van der Waals surface area contributed by atoms with Crippen LogP contribution >= 0.6 is 0 Å². The molecule has 0 unspecified atom stereocenters. The second-order valence-corrected chi connectivity index (χ2v) is 6.16. The number of fused-ring (bicyclic) bond motifs is 1. The number of nitrogens with one attached hydrogen (secondary N) is 1. The Hall–Kier alpha value is -2.51. The van der Waals surface area contributed by atoms with E-state index in [2.05, 4.69) is 0 Å². The number of para-hydroxylation sites is 1. The van der Waals surface area contributed by atoms with Gasteiger partial charge in [-0.15, -0.1) is 0 Å². The van der Waals surface area contributed by atoms with Crippen molar-refractivity contribution >= 4 is 22.7 Å². The van der Waals surface area contributed by atoms with Gasteiger partial charge >= 0.3 is 6.18 Å². The van der Waals surface area contributed by atoms with Crippen LogP contribution in [0.4, 0.5) is 13.2 Å². The molecule has 1 N–H and O–H groups in total. The molecule has 134 valence electrons. The second-order valence-electron chi connectivity index (χ2n) is 6.16. The number of nitrogens with zero attached hydrogens (tertiary/aromatic N) is 2. The normalized spacial score (nSPS) is 17.9. The minimum Gasteiger partial charge on any atom is -0.350 e. The number of benzene rings is 1. The van der Waals surface area contributed by atoms with Crippen molar-refractivity contribution in [3.05, 3.63) is 36.0 Å². The highest BCUT2D eigenvalue weighted by Crippen LogP contribution is 2.26. The van der Waals surface area contributed by atoms with Crippen LogP contribution in [0.25, 0.3) is 10.9 Å². The topological polar surface area (TPSA) is 54.3 Å². The SMILES string of the molecule is Cn1cc(C(=O)N2CCC[C@H]2C(=O)NCC(F)(F)F)c2ccccc21. The fraction of sp³-hybridized carbons (Fsp3) is 0.412. The van der Waals surface area contributed by atoms with Gasteiger partial charge in [0.1, 0.15) is 12.6 Å². The third-order valence-electron chi connectivity index (χ3n) is 4.41. The molecule has 1 aliphatic rings. The number of rotatable bonds is 3. The molecule has 0 aliphatic carbocycles. The van der Waals surface area contributed by atoms with E-state index in [1.165, 1.54) is 4.90 Å². The fourth-order valence-electron chi connectivity index (χ4n) is 3.25. The highest BCUT2D eigenvalue weighted by atomic mass is 19.4. The van der Waals surface area contributed by atoms with Gasteiger partial charge in [0.2, 0.25) is 5.91 Å². The van der Waals surface area contributed by atoms with Gasteiger partial charge in [0, 0.05) is 30.7 Å². The number of hydrogen-bond acceptors (Lipinski definition) is 2. The van der Waals surface area contributed by atoms with Crippen LogP contribution in [0.2, 0.25) is 0 Å². The summed E-state index contributed by atoms with van der Waals surface area (Å²) in [5.74, 6) is -1.09.